The molecule has 0 saturated carbocycles. The lowest BCUT2D eigenvalue weighted by atomic mass is 9.91. The monoisotopic (exact) mass is 241 g/mol. The molecular weight excluding hydrogens is 220 g/mol. The molecule has 0 bridgehead atoms. The van der Waals surface area contributed by atoms with Crippen LogP contribution in [-0.2, 0) is 6.42 Å². The zero-order chi connectivity index (χ0) is 12.8. The maximum absolute atomic E-state index is 13.5. The first-order chi connectivity index (χ1) is 8.10. The van der Waals surface area contributed by atoms with E-state index in [4.69, 9.17) is 0 Å². The van der Waals surface area contributed by atoms with E-state index in [1.54, 1.807) is 0 Å². The van der Waals surface area contributed by atoms with Crippen molar-refractivity contribution in [1.29, 1.82) is 0 Å². The van der Waals surface area contributed by atoms with Crippen molar-refractivity contribution in [3.63, 3.8) is 0 Å². The zero-order valence-corrected chi connectivity index (χ0v) is 10.8. The Labute approximate surface area is 102 Å². The summed E-state index contributed by atoms with van der Waals surface area (Å²) in [7, 11) is 1.84. The van der Waals surface area contributed by atoms with Gasteiger partial charge in [-0.15, -0.1) is 0 Å². The molecule has 0 radical (unpaired) electrons. The lowest BCUT2D eigenvalue weighted by molar-refractivity contribution is 0.363. The molecule has 1 rings (SSSR count). The van der Waals surface area contributed by atoms with E-state index in [1.807, 2.05) is 7.05 Å². The highest BCUT2D eigenvalue weighted by Gasteiger charge is 2.19. The van der Waals surface area contributed by atoms with Crippen molar-refractivity contribution in [2.75, 3.05) is 7.05 Å². The summed E-state index contributed by atoms with van der Waals surface area (Å²) in [6.45, 7) is 4.23. The number of halogens is 2. The average molecular weight is 241 g/mol. The molecule has 1 N–H and O–H groups in total. The fourth-order valence-electron chi connectivity index (χ4n) is 2.19. The molecule has 0 spiro atoms. The van der Waals surface area contributed by atoms with Crippen LogP contribution in [0.15, 0.2) is 18.2 Å². The normalized spacial score (nSPS) is 14.6. The molecule has 0 aromatic heterocycles. The van der Waals surface area contributed by atoms with Gasteiger partial charge in [0.15, 0.2) is 0 Å². The van der Waals surface area contributed by atoms with Gasteiger partial charge in [0.25, 0.3) is 0 Å². The molecule has 2 unspecified atom stereocenters. The number of hydrogen-bond acceptors (Lipinski definition) is 1. The van der Waals surface area contributed by atoms with Crippen LogP contribution in [0.5, 0.6) is 0 Å². The van der Waals surface area contributed by atoms with Gasteiger partial charge in [-0.3, -0.25) is 0 Å². The van der Waals surface area contributed by atoms with Gasteiger partial charge in [-0.05, 0) is 37.9 Å². The van der Waals surface area contributed by atoms with Crippen LogP contribution in [-0.4, -0.2) is 13.1 Å². The van der Waals surface area contributed by atoms with E-state index in [0.717, 1.165) is 12.8 Å². The van der Waals surface area contributed by atoms with Gasteiger partial charge in [0.05, 0.1) is 0 Å². The average Bonchev–Trinajstić information content (AvgIpc) is 2.29. The number of rotatable bonds is 6. The van der Waals surface area contributed by atoms with E-state index >= 15 is 0 Å². The van der Waals surface area contributed by atoms with Gasteiger partial charge in [-0.2, -0.15) is 0 Å². The van der Waals surface area contributed by atoms with Gasteiger partial charge in [-0.25, -0.2) is 8.78 Å². The van der Waals surface area contributed by atoms with Gasteiger partial charge in [0.1, 0.15) is 11.6 Å². The molecule has 0 fully saturated rings. The van der Waals surface area contributed by atoms with Crippen LogP contribution in [0.3, 0.4) is 0 Å². The quantitative estimate of drug-likeness (QED) is 0.803. The first-order valence-electron chi connectivity index (χ1n) is 6.20. The third-order valence-electron chi connectivity index (χ3n) is 3.29. The highest BCUT2D eigenvalue weighted by molar-refractivity contribution is 5.20. The summed E-state index contributed by atoms with van der Waals surface area (Å²) in [5.41, 5.74) is 0.190. The van der Waals surface area contributed by atoms with E-state index in [0.29, 0.717) is 12.3 Å². The van der Waals surface area contributed by atoms with Gasteiger partial charge in [-0.1, -0.05) is 26.3 Å². The maximum atomic E-state index is 13.5. The Morgan fingerprint density at radius 1 is 1.24 bits per heavy atom. The fourth-order valence-corrected chi connectivity index (χ4v) is 2.19. The lowest BCUT2D eigenvalue weighted by Crippen LogP contribution is -2.34. The molecular formula is C14H21F2N. The van der Waals surface area contributed by atoms with Crippen molar-refractivity contribution in [2.45, 2.75) is 39.2 Å². The van der Waals surface area contributed by atoms with Crippen LogP contribution in [0.4, 0.5) is 8.78 Å². The topological polar surface area (TPSA) is 12.0 Å². The minimum atomic E-state index is -0.450. The molecule has 17 heavy (non-hydrogen) atoms. The van der Waals surface area contributed by atoms with Gasteiger partial charge in [0, 0.05) is 11.6 Å². The van der Waals surface area contributed by atoms with Crippen LogP contribution in [0.25, 0.3) is 0 Å². The van der Waals surface area contributed by atoms with Crippen molar-refractivity contribution >= 4 is 0 Å². The van der Waals surface area contributed by atoms with Gasteiger partial charge < -0.3 is 5.32 Å². The first kappa shape index (κ1) is 14.1. The Balaban J connectivity index is 2.80. The van der Waals surface area contributed by atoms with Gasteiger partial charge >= 0.3 is 0 Å². The highest BCUT2D eigenvalue weighted by Crippen LogP contribution is 2.19. The SMILES string of the molecule is CCCC(C)C(Cc1c(F)cccc1F)NC. The standard InChI is InChI=1S/C14H21F2N/c1-4-6-10(2)14(17-3)9-11-12(15)7-5-8-13(11)16/h5,7-8,10,14,17H,4,6,9H2,1-3H3. The smallest absolute Gasteiger partial charge is 0.129 e. The predicted octanol–water partition coefficient (Wildman–Crippen LogP) is 3.53. The molecule has 96 valence electrons. The first-order valence-corrected chi connectivity index (χ1v) is 6.20. The van der Waals surface area contributed by atoms with Crippen molar-refractivity contribution in [3.05, 3.63) is 35.4 Å². The third-order valence-corrected chi connectivity index (χ3v) is 3.29. The zero-order valence-electron chi connectivity index (χ0n) is 10.8. The lowest BCUT2D eigenvalue weighted by Gasteiger charge is -2.23. The second-order valence-electron chi connectivity index (χ2n) is 4.57. The molecule has 0 aliphatic carbocycles. The van der Waals surface area contributed by atoms with Crippen LogP contribution < -0.4 is 5.32 Å². The molecule has 0 aliphatic heterocycles. The molecule has 0 heterocycles. The van der Waals surface area contributed by atoms with E-state index in [2.05, 4.69) is 19.2 Å². The number of benzene rings is 1. The minimum absolute atomic E-state index is 0.112. The van der Waals surface area contributed by atoms with Crippen molar-refractivity contribution in [2.24, 2.45) is 5.92 Å². The Bertz CT molecular complexity index is 332. The van der Waals surface area contributed by atoms with Crippen LogP contribution in [0.2, 0.25) is 0 Å². The largest absolute Gasteiger partial charge is 0.316 e. The molecule has 1 aromatic rings. The van der Waals surface area contributed by atoms with E-state index in [1.165, 1.54) is 18.2 Å². The second kappa shape index (κ2) is 6.70. The summed E-state index contributed by atoms with van der Waals surface area (Å²) in [6.07, 6.45) is 2.54. The second-order valence-corrected chi connectivity index (χ2v) is 4.57. The summed E-state index contributed by atoms with van der Waals surface area (Å²) >= 11 is 0. The van der Waals surface area contributed by atoms with Crippen molar-refractivity contribution in [1.82, 2.24) is 5.32 Å². The highest BCUT2D eigenvalue weighted by atomic mass is 19.1. The molecule has 2 atom stereocenters. The van der Waals surface area contributed by atoms with E-state index in [-0.39, 0.29) is 11.6 Å². The third kappa shape index (κ3) is 3.77. The Kier molecular flexibility index (Phi) is 5.56. The number of likely N-dealkylation sites (N-methyl/N-ethyl adjacent to an activating group) is 1. The molecule has 3 heteroatoms. The summed E-state index contributed by atoms with van der Waals surface area (Å²) in [4.78, 5) is 0. The molecule has 0 aliphatic rings. The van der Waals surface area contributed by atoms with Crippen molar-refractivity contribution < 1.29 is 8.78 Å². The van der Waals surface area contributed by atoms with Crippen molar-refractivity contribution in [3.8, 4) is 0 Å². The van der Waals surface area contributed by atoms with E-state index < -0.39 is 11.6 Å². The Morgan fingerprint density at radius 2 is 1.82 bits per heavy atom. The summed E-state index contributed by atoms with van der Waals surface area (Å²) in [5.74, 6) is -0.494. The molecule has 1 nitrogen and oxygen atoms in total. The number of hydrogen-bond donors (Lipinski definition) is 1. The minimum Gasteiger partial charge on any atom is -0.316 e. The molecule has 0 amide bonds. The van der Waals surface area contributed by atoms with Crippen LogP contribution >= 0.6 is 0 Å². The Morgan fingerprint density at radius 3 is 2.29 bits per heavy atom. The van der Waals surface area contributed by atoms with Gasteiger partial charge in [0.2, 0.25) is 0 Å². The number of nitrogens with one attached hydrogen (secondary N) is 1. The molecule has 1 aromatic carbocycles. The predicted molar refractivity (Wildman–Crippen MR) is 67.0 cm³/mol. The molecule has 0 saturated heterocycles. The van der Waals surface area contributed by atoms with Crippen LogP contribution in [0.1, 0.15) is 32.3 Å². The van der Waals surface area contributed by atoms with E-state index in [9.17, 15) is 8.78 Å². The summed E-state index contributed by atoms with van der Waals surface area (Å²) in [5, 5.41) is 3.16. The maximum Gasteiger partial charge on any atom is 0.129 e. The Hall–Kier alpha value is -0.960. The fraction of sp³-hybridized carbons (Fsp3) is 0.571. The van der Waals surface area contributed by atoms with Crippen LogP contribution in [0, 0.1) is 17.6 Å². The summed E-state index contributed by atoms with van der Waals surface area (Å²) < 4.78 is 27.1. The summed E-state index contributed by atoms with van der Waals surface area (Å²) in [6, 6.07) is 4.14.